The molecule has 0 saturated heterocycles. The normalized spacial score (nSPS) is 11.8. The summed E-state index contributed by atoms with van der Waals surface area (Å²) in [5.41, 5.74) is 1.45. The molecule has 1 heterocycles. The van der Waals surface area contributed by atoms with Gasteiger partial charge in [-0.2, -0.15) is 0 Å². The van der Waals surface area contributed by atoms with E-state index < -0.39 is 0 Å². The predicted molar refractivity (Wildman–Crippen MR) is 53.0 cm³/mol. The highest BCUT2D eigenvalue weighted by atomic mass is 16.1. The van der Waals surface area contributed by atoms with Crippen LogP contribution in [-0.4, -0.2) is 9.97 Å². The van der Waals surface area contributed by atoms with Crippen molar-refractivity contribution in [3.05, 3.63) is 27.4 Å². The summed E-state index contributed by atoms with van der Waals surface area (Å²) in [4.78, 5) is 18.6. The van der Waals surface area contributed by atoms with Crippen LogP contribution in [-0.2, 0) is 5.41 Å². The number of nitrogens with one attached hydrogen (secondary N) is 1. The van der Waals surface area contributed by atoms with Crippen LogP contribution in [0.15, 0.2) is 4.79 Å². The number of hydrogen-bond donors (Lipinski definition) is 1. The summed E-state index contributed by atoms with van der Waals surface area (Å²) in [6.45, 7) is 9.72. The first-order valence-electron chi connectivity index (χ1n) is 4.40. The molecule has 0 aliphatic heterocycles. The van der Waals surface area contributed by atoms with Gasteiger partial charge >= 0.3 is 0 Å². The smallest absolute Gasteiger partial charge is 0.254 e. The number of rotatable bonds is 0. The number of aromatic amines is 1. The maximum atomic E-state index is 11.6. The monoisotopic (exact) mass is 180 g/mol. The van der Waals surface area contributed by atoms with E-state index in [1.165, 1.54) is 0 Å². The topological polar surface area (TPSA) is 45.8 Å². The molecule has 1 aromatic rings. The molecule has 72 valence electrons. The summed E-state index contributed by atoms with van der Waals surface area (Å²) < 4.78 is 0. The molecule has 0 saturated carbocycles. The Morgan fingerprint density at radius 2 is 1.77 bits per heavy atom. The minimum absolute atomic E-state index is 0.0162. The van der Waals surface area contributed by atoms with Crippen LogP contribution in [0.1, 0.15) is 37.9 Å². The Morgan fingerprint density at radius 3 is 2.15 bits per heavy atom. The zero-order chi connectivity index (χ0) is 10.2. The van der Waals surface area contributed by atoms with E-state index in [9.17, 15) is 4.79 Å². The summed E-state index contributed by atoms with van der Waals surface area (Å²) >= 11 is 0. The lowest BCUT2D eigenvalue weighted by Crippen LogP contribution is -2.27. The maximum Gasteiger partial charge on any atom is 0.254 e. The van der Waals surface area contributed by atoms with Gasteiger partial charge in [-0.1, -0.05) is 20.8 Å². The van der Waals surface area contributed by atoms with Crippen LogP contribution in [0.2, 0.25) is 0 Å². The van der Waals surface area contributed by atoms with E-state index in [2.05, 4.69) is 9.97 Å². The number of H-pyrrole nitrogens is 1. The molecule has 1 aromatic heterocycles. The maximum absolute atomic E-state index is 11.6. The summed E-state index contributed by atoms with van der Waals surface area (Å²) in [6, 6.07) is 0. The third-order valence-electron chi connectivity index (χ3n) is 1.97. The van der Waals surface area contributed by atoms with Crippen LogP contribution < -0.4 is 5.56 Å². The minimum atomic E-state index is -0.141. The highest BCUT2D eigenvalue weighted by Crippen LogP contribution is 2.20. The van der Waals surface area contributed by atoms with Crippen molar-refractivity contribution in [2.24, 2.45) is 0 Å². The molecule has 0 spiro atoms. The van der Waals surface area contributed by atoms with E-state index in [1.54, 1.807) is 6.92 Å². The molecule has 0 amide bonds. The zero-order valence-corrected chi connectivity index (χ0v) is 8.86. The van der Waals surface area contributed by atoms with Crippen LogP contribution in [0.3, 0.4) is 0 Å². The zero-order valence-electron chi connectivity index (χ0n) is 8.86. The Hall–Kier alpha value is -1.12. The molecule has 0 bridgehead atoms. The highest BCUT2D eigenvalue weighted by molar-refractivity contribution is 5.24. The molecule has 0 atom stereocenters. The van der Waals surface area contributed by atoms with Gasteiger partial charge < -0.3 is 4.98 Å². The summed E-state index contributed by atoms with van der Waals surface area (Å²) in [7, 11) is 0. The fourth-order valence-electron chi connectivity index (χ4n) is 1.61. The van der Waals surface area contributed by atoms with E-state index in [0.29, 0.717) is 5.82 Å². The number of hydrogen-bond acceptors (Lipinski definition) is 2. The van der Waals surface area contributed by atoms with Crippen LogP contribution in [0.4, 0.5) is 0 Å². The summed E-state index contributed by atoms with van der Waals surface area (Å²) in [6.07, 6.45) is 0. The lowest BCUT2D eigenvalue weighted by Gasteiger charge is -2.19. The molecule has 0 radical (unpaired) electrons. The van der Waals surface area contributed by atoms with Gasteiger partial charge in [0, 0.05) is 11.3 Å². The first-order chi connectivity index (χ1) is 5.82. The fraction of sp³-hybridized carbons (Fsp3) is 0.600. The molecule has 1 rings (SSSR count). The van der Waals surface area contributed by atoms with Crippen molar-refractivity contribution in [3.63, 3.8) is 0 Å². The predicted octanol–water partition coefficient (Wildman–Crippen LogP) is 1.68. The third kappa shape index (κ3) is 1.97. The lowest BCUT2D eigenvalue weighted by molar-refractivity contribution is 0.570. The van der Waals surface area contributed by atoms with Gasteiger partial charge in [0.2, 0.25) is 0 Å². The molecule has 3 heteroatoms. The molecule has 0 aromatic carbocycles. The Morgan fingerprint density at radius 1 is 1.23 bits per heavy atom. The van der Waals surface area contributed by atoms with Crippen LogP contribution >= 0.6 is 0 Å². The molecule has 0 unspecified atom stereocenters. The van der Waals surface area contributed by atoms with Crippen LogP contribution in [0, 0.1) is 13.8 Å². The average Bonchev–Trinajstić information content (AvgIpc) is 1.78. The first kappa shape index (κ1) is 9.96. The standard InChI is InChI=1S/C10H16N2O/c1-6-8(10(3,4)5)9(13)12-7(2)11-6/h1-5H3,(H,11,12,13). The largest absolute Gasteiger partial charge is 0.311 e. The van der Waals surface area contributed by atoms with Crippen molar-refractivity contribution < 1.29 is 0 Å². The van der Waals surface area contributed by atoms with Gasteiger partial charge in [-0.05, 0) is 19.3 Å². The van der Waals surface area contributed by atoms with Crippen molar-refractivity contribution >= 4 is 0 Å². The second-order valence-corrected chi connectivity index (χ2v) is 4.36. The van der Waals surface area contributed by atoms with Gasteiger partial charge in [0.1, 0.15) is 5.82 Å². The van der Waals surface area contributed by atoms with Gasteiger partial charge in [-0.15, -0.1) is 0 Å². The van der Waals surface area contributed by atoms with E-state index in [1.807, 2.05) is 27.7 Å². The Bertz CT molecular complexity index is 371. The van der Waals surface area contributed by atoms with E-state index in [0.717, 1.165) is 11.3 Å². The molecule has 13 heavy (non-hydrogen) atoms. The quantitative estimate of drug-likeness (QED) is 0.660. The molecule has 0 aliphatic rings. The van der Waals surface area contributed by atoms with Crippen molar-refractivity contribution in [2.75, 3.05) is 0 Å². The second kappa shape index (κ2) is 2.98. The Balaban J connectivity index is 3.47. The summed E-state index contributed by atoms with van der Waals surface area (Å²) in [5.74, 6) is 0.676. The Labute approximate surface area is 78.2 Å². The molecule has 3 nitrogen and oxygen atoms in total. The SMILES string of the molecule is Cc1nc(C)c(C(C)(C)C)c(=O)[nH]1. The average molecular weight is 180 g/mol. The molecular weight excluding hydrogens is 164 g/mol. The fourth-order valence-corrected chi connectivity index (χ4v) is 1.61. The molecule has 0 fully saturated rings. The van der Waals surface area contributed by atoms with Crippen LogP contribution in [0.25, 0.3) is 0 Å². The van der Waals surface area contributed by atoms with Crippen LogP contribution in [0.5, 0.6) is 0 Å². The van der Waals surface area contributed by atoms with E-state index >= 15 is 0 Å². The van der Waals surface area contributed by atoms with Crippen molar-refractivity contribution in [1.29, 1.82) is 0 Å². The number of nitrogens with zero attached hydrogens (tertiary/aromatic N) is 1. The van der Waals surface area contributed by atoms with Crippen molar-refractivity contribution in [1.82, 2.24) is 9.97 Å². The highest BCUT2D eigenvalue weighted by Gasteiger charge is 2.21. The lowest BCUT2D eigenvalue weighted by atomic mass is 9.87. The van der Waals surface area contributed by atoms with Gasteiger partial charge in [0.15, 0.2) is 0 Å². The third-order valence-corrected chi connectivity index (χ3v) is 1.97. The van der Waals surface area contributed by atoms with E-state index in [4.69, 9.17) is 0 Å². The number of aromatic nitrogens is 2. The van der Waals surface area contributed by atoms with Gasteiger partial charge in [0.05, 0.1) is 0 Å². The minimum Gasteiger partial charge on any atom is -0.311 e. The molecule has 1 N–H and O–H groups in total. The van der Waals surface area contributed by atoms with Gasteiger partial charge in [-0.25, -0.2) is 4.98 Å². The van der Waals surface area contributed by atoms with Gasteiger partial charge in [0.25, 0.3) is 5.56 Å². The Kier molecular flexibility index (Phi) is 2.28. The number of aryl methyl sites for hydroxylation is 2. The van der Waals surface area contributed by atoms with E-state index in [-0.39, 0.29) is 11.0 Å². The van der Waals surface area contributed by atoms with Crippen molar-refractivity contribution in [3.8, 4) is 0 Å². The molecule has 0 aliphatic carbocycles. The second-order valence-electron chi connectivity index (χ2n) is 4.36. The van der Waals surface area contributed by atoms with Gasteiger partial charge in [-0.3, -0.25) is 4.79 Å². The van der Waals surface area contributed by atoms with Crippen molar-refractivity contribution in [2.45, 2.75) is 40.0 Å². The molecular formula is C10H16N2O. The first-order valence-corrected chi connectivity index (χ1v) is 4.40. The summed E-state index contributed by atoms with van der Waals surface area (Å²) in [5, 5.41) is 0.